The van der Waals surface area contributed by atoms with Crippen LogP contribution in [-0.4, -0.2) is 48.2 Å². The van der Waals surface area contributed by atoms with E-state index in [-0.39, 0.29) is 6.10 Å². The molecule has 6 nitrogen and oxygen atoms in total. The van der Waals surface area contributed by atoms with Crippen LogP contribution >= 0.6 is 0 Å². The topological polar surface area (TPSA) is 48.8 Å². The van der Waals surface area contributed by atoms with Crippen LogP contribution in [-0.2, 0) is 17.8 Å². The summed E-state index contributed by atoms with van der Waals surface area (Å²) in [6.07, 6.45) is 6.28. The summed E-state index contributed by atoms with van der Waals surface area (Å²) >= 11 is 0. The van der Waals surface area contributed by atoms with Crippen molar-refractivity contribution in [2.24, 2.45) is 0 Å². The zero-order valence-electron chi connectivity index (χ0n) is 16.5. The summed E-state index contributed by atoms with van der Waals surface area (Å²) in [7, 11) is 3.36. The van der Waals surface area contributed by atoms with Crippen molar-refractivity contribution in [3.05, 3.63) is 47.8 Å². The normalized spacial score (nSPS) is 16.7. The van der Waals surface area contributed by atoms with Gasteiger partial charge >= 0.3 is 0 Å². The zero-order valence-corrected chi connectivity index (χ0v) is 16.5. The van der Waals surface area contributed by atoms with E-state index in [0.29, 0.717) is 0 Å². The molecular weight excluding hydrogens is 342 g/mol. The van der Waals surface area contributed by atoms with Gasteiger partial charge in [-0.15, -0.1) is 0 Å². The van der Waals surface area contributed by atoms with Gasteiger partial charge in [0.05, 0.1) is 26.0 Å². The predicted molar refractivity (Wildman–Crippen MR) is 106 cm³/mol. The molecule has 1 aliphatic rings. The van der Waals surface area contributed by atoms with E-state index in [0.717, 1.165) is 61.8 Å². The number of aryl methyl sites for hydroxylation is 1. The minimum Gasteiger partial charge on any atom is -0.497 e. The highest BCUT2D eigenvalue weighted by Crippen LogP contribution is 2.27. The van der Waals surface area contributed by atoms with Crippen LogP contribution < -0.4 is 9.47 Å². The van der Waals surface area contributed by atoms with Crippen LogP contribution in [0, 0.1) is 6.92 Å². The van der Waals surface area contributed by atoms with Crippen molar-refractivity contribution in [2.45, 2.75) is 39.0 Å². The molecule has 1 aliphatic heterocycles. The Morgan fingerprint density at radius 1 is 1.30 bits per heavy atom. The molecule has 0 saturated carbocycles. The van der Waals surface area contributed by atoms with E-state index < -0.39 is 0 Å². The van der Waals surface area contributed by atoms with E-state index in [4.69, 9.17) is 14.2 Å². The molecule has 1 saturated heterocycles. The minimum absolute atomic E-state index is 0.281. The third-order valence-corrected chi connectivity index (χ3v) is 4.97. The summed E-state index contributed by atoms with van der Waals surface area (Å²) in [4.78, 5) is 2.40. The molecule has 0 aliphatic carbocycles. The van der Waals surface area contributed by atoms with Gasteiger partial charge in [-0.25, -0.2) is 4.68 Å². The molecule has 146 valence electrons. The van der Waals surface area contributed by atoms with Gasteiger partial charge in [0.1, 0.15) is 11.5 Å². The van der Waals surface area contributed by atoms with Crippen LogP contribution in [0.1, 0.15) is 29.7 Å². The molecule has 0 bridgehead atoms. The summed E-state index contributed by atoms with van der Waals surface area (Å²) in [5.74, 6) is 1.63. The van der Waals surface area contributed by atoms with Crippen LogP contribution in [0.3, 0.4) is 0 Å². The summed E-state index contributed by atoms with van der Waals surface area (Å²) in [6.45, 7) is 9.14. The highest BCUT2D eigenvalue weighted by atomic mass is 16.5. The highest BCUT2D eigenvalue weighted by Gasteiger charge is 2.21. The van der Waals surface area contributed by atoms with E-state index in [2.05, 4.69) is 22.6 Å². The first kappa shape index (κ1) is 19.5. The van der Waals surface area contributed by atoms with E-state index >= 15 is 0 Å². The molecule has 27 heavy (non-hydrogen) atoms. The summed E-state index contributed by atoms with van der Waals surface area (Å²) in [5.41, 5.74) is 3.35. The standard InChI is InChI=1S/C21H29N3O3/c1-5-24-14-18(16(2)22-24)13-23(15-20-7-6-10-27-20)12-17-8-9-19(25-3)11-21(17)26-4/h5,8-9,11,14,20H,1,6-7,10,12-13,15H2,2-4H3/t20-/m1/s1. The molecule has 1 aromatic heterocycles. The van der Waals surface area contributed by atoms with Gasteiger partial charge in [-0.3, -0.25) is 4.90 Å². The number of rotatable bonds is 9. The second-order valence-electron chi connectivity index (χ2n) is 6.88. The van der Waals surface area contributed by atoms with Gasteiger partial charge in [-0.1, -0.05) is 12.6 Å². The maximum absolute atomic E-state index is 5.88. The molecule has 6 heteroatoms. The molecule has 2 heterocycles. The Kier molecular flexibility index (Phi) is 6.53. The van der Waals surface area contributed by atoms with E-state index in [1.165, 1.54) is 5.56 Å². The van der Waals surface area contributed by atoms with Gasteiger partial charge in [0.25, 0.3) is 0 Å². The highest BCUT2D eigenvalue weighted by molar-refractivity contribution is 5.40. The summed E-state index contributed by atoms with van der Waals surface area (Å²) in [5, 5.41) is 4.48. The van der Waals surface area contributed by atoms with Crippen LogP contribution in [0.15, 0.2) is 31.0 Å². The largest absolute Gasteiger partial charge is 0.497 e. The van der Waals surface area contributed by atoms with Crippen LogP contribution in [0.4, 0.5) is 0 Å². The third-order valence-electron chi connectivity index (χ3n) is 4.97. The van der Waals surface area contributed by atoms with Gasteiger partial charge in [-0.2, -0.15) is 5.10 Å². The first-order valence-electron chi connectivity index (χ1n) is 9.35. The zero-order chi connectivity index (χ0) is 19.2. The second kappa shape index (κ2) is 9.06. The smallest absolute Gasteiger partial charge is 0.127 e. The fourth-order valence-corrected chi connectivity index (χ4v) is 3.49. The Labute approximate surface area is 161 Å². The summed E-state index contributed by atoms with van der Waals surface area (Å²) in [6, 6.07) is 5.98. The molecule has 1 atom stereocenters. The number of ether oxygens (including phenoxy) is 3. The lowest BCUT2D eigenvalue weighted by Gasteiger charge is -2.26. The first-order chi connectivity index (χ1) is 13.1. The van der Waals surface area contributed by atoms with Gasteiger partial charge in [0, 0.05) is 55.8 Å². The molecule has 0 radical (unpaired) electrons. The van der Waals surface area contributed by atoms with Gasteiger partial charge < -0.3 is 14.2 Å². The molecule has 0 unspecified atom stereocenters. The van der Waals surface area contributed by atoms with Gasteiger partial charge in [0.15, 0.2) is 0 Å². The van der Waals surface area contributed by atoms with Gasteiger partial charge in [-0.05, 0) is 25.8 Å². The number of nitrogens with zero attached hydrogens (tertiary/aromatic N) is 3. The lowest BCUT2D eigenvalue weighted by Crippen LogP contribution is -2.31. The lowest BCUT2D eigenvalue weighted by atomic mass is 10.1. The Balaban J connectivity index is 1.80. The fraction of sp³-hybridized carbons (Fsp3) is 0.476. The molecule has 0 N–H and O–H groups in total. The molecule has 0 amide bonds. The number of methoxy groups -OCH3 is 2. The first-order valence-corrected chi connectivity index (χ1v) is 9.35. The predicted octanol–water partition coefficient (Wildman–Crippen LogP) is 3.49. The van der Waals surface area contributed by atoms with Gasteiger partial charge in [0.2, 0.25) is 0 Å². The molecular formula is C21H29N3O3. The minimum atomic E-state index is 0.281. The maximum atomic E-state index is 5.88. The van der Waals surface area contributed by atoms with Crippen molar-refractivity contribution in [3.63, 3.8) is 0 Å². The average molecular weight is 371 g/mol. The monoisotopic (exact) mass is 371 g/mol. The van der Waals surface area contributed by atoms with Crippen molar-refractivity contribution in [1.29, 1.82) is 0 Å². The van der Waals surface area contributed by atoms with E-state index in [9.17, 15) is 0 Å². The van der Waals surface area contributed by atoms with Crippen molar-refractivity contribution in [2.75, 3.05) is 27.4 Å². The number of hydrogen-bond donors (Lipinski definition) is 0. The third kappa shape index (κ3) is 4.90. The maximum Gasteiger partial charge on any atom is 0.127 e. The average Bonchev–Trinajstić information content (AvgIpc) is 3.31. The Morgan fingerprint density at radius 2 is 2.11 bits per heavy atom. The second-order valence-corrected chi connectivity index (χ2v) is 6.88. The molecule has 0 spiro atoms. The van der Waals surface area contributed by atoms with E-state index in [1.54, 1.807) is 25.1 Å². The van der Waals surface area contributed by atoms with Crippen LogP contribution in [0.5, 0.6) is 11.5 Å². The molecule has 2 aromatic rings. The Bertz CT molecular complexity index is 766. The summed E-state index contributed by atoms with van der Waals surface area (Å²) < 4.78 is 18.5. The van der Waals surface area contributed by atoms with Crippen molar-refractivity contribution < 1.29 is 14.2 Å². The number of benzene rings is 1. The molecule has 1 fully saturated rings. The fourth-order valence-electron chi connectivity index (χ4n) is 3.49. The quantitative estimate of drug-likeness (QED) is 0.675. The molecule has 3 rings (SSSR count). The SMILES string of the molecule is C=Cn1cc(CN(Cc2ccc(OC)cc2OC)C[C@H]2CCCO2)c(C)n1. The van der Waals surface area contributed by atoms with Crippen LogP contribution in [0.25, 0.3) is 6.20 Å². The lowest BCUT2D eigenvalue weighted by molar-refractivity contribution is 0.0675. The van der Waals surface area contributed by atoms with Crippen molar-refractivity contribution in [3.8, 4) is 11.5 Å². The Morgan fingerprint density at radius 3 is 2.74 bits per heavy atom. The van der Waals surface area contributed by atoms with Crippen LogP contribution in [0.2, 0.25) is 0 Å². The van der Waals surface area contributed by atoms with Crippen molar-refractivity contribution >= 4 is 6.20 Å². The van der Waals surface area contributed by atoms with E-state index in [1.807, 2.05) is 25.3 Å². The Hall–Kier alpha value is -2.31. The molecule has 1 aromatic carbocycles. The van der Waals surface area contributed by atoms with Crippen molar-refractivity contribution in [1.82, 2.24) is 14.7 Å². The number of aromatic nitrogens is 2. The number of hydrogen-bond acceptors (Lipinski definition) is 5.